The van der Waals surface area contributed by atoms with E-state index in [9.17, 15) is 0 Å². The van der Waals surface area contributed by atoms with Crippen molar-refractivity contribution < 1.29 is 0 Å². The molecule has 3 nitrogen and oxygen atoms in total. The van der Waals surface area contributed by atoms with Gasteiger partial charge in [0, 0.05) is 30.7 Å². The molecule has 1 aliphatic heterocycles. The third-order valence-corrected chi connectivity index (χ3v) is 4.38. The van der Waals surface area contributed by atoms with Crippen LogP contribution in [0.4, 0.5) is 5.13 Å². The number of thiazole rings is 1. The molecule has 0 unspecified atom stereocenters. The van der Waals surface area contributed by atoms with Crippen LogP contribution in [0.15, 0.2) is 18.2 Å². The van der Waals surface area contributed by atoms with Gasteiger partial charge >= 0.3 is 0 Å². The Kier molecular flexibility index (Phi) is 2.94. The molecule has 1 aliphatic rings. The van der Waals surface area contributed by atoms with Crippen molar-refractivity contribution in [1.82, 2.24) is 10.3 Å². The van der Waals surface area contributed by atoms with Crippen LogP contribution in [0.25, 0.3) is 10.2 Å². The van der Waals surface area contributed by atoms with Crippen LogP contribution in [0.1, 0.15) is 6.92 Å². The highest BCUT2D eigenvalue weighted by molar-refractivity contribution is 7.22. The fourth-order valence-corrected chi connectivity index (χ4v) is 3.50. The molecule has 3 rings (SSSR count). The number of hydrogen-bond acceptors (Lipinski definition) is 4. The number of anilines is 1. The van der Waals surface area contributed by atoms with Gasteiger partial charge in [0.05, 0.1) is 10.2 Å². The van der Waals surface area contributed by atoms with E-state index in [0.717, 1.165) is 35.3 Å². The van der Waals surface area contributed by atoms with Crippen LogP contribution in [0.2, 0.25) is 5.02 Å². The van der Waals surface area contributed by atoms with Gasteiger partial charge in [-0.05, 0) is 25.1 Å². The predicted octanol–water partition coefficient (Wildman–Crippen LogP) is 2.75. The Balaban J connectivity index is 1.99. The van der Waals surface area contributed by atoms with Crippen LogP contribution in [-0.4, -0.2) is 30.7 Å². The van der Waals surface area contributed by atoms with E-state index in [4.69, 9.17) is 11.6 Å². The van der Waals surface area contributed by atoms with Crippen LogP contribution in [0.5, 0.6) is 0 Å². The molecule has 1 aromatic heterocycles. The minimum atomic E-state index is 0.500. The Morgan fingerprint density at radius 3 is 3.24 bits per heavy atom. The van der Waals surface area contributed by atoms with E-state index >= 15 is 0 Å². The number of benzene rings is 1. The summed E-state index contributed by atoms with van der Waals surface area (Å²) in [6, 6.07) is 6.38. The van der Waals surface area contributed by atoms with Gasteiger partial charge in [0.25, 0.3) is 0 Å². The molecule has 0 radical (unpaired) electrons. The van der Waals surface area contributed by atoms with Crippen LogP contribution < -0.4 is 10.2 Å². The molecule has 1 atom stereocenters. The maximum atomic E-state index is 6.00. The fourth-order valence-electron chi connectivity index (χ4n) is 2.13. The number of halogens is 1. The predicted molar refractivity (Wildman–Crippen MR) is 74.3 cm³/mol. The summed E-state index contributed by atoms with van der Waals surface area (Å²) < 4.78 is 1.17. The second-order valence-electron chi connectivity index (χ2n) is 4.36. The minimum Gasteiger partial charge on any atom is -0.343 e. The minimum absolute atomic E-state index is 0.500. The molecule has 0 spiro atoms. The quantitative estimate of drug-likeness (QED) is 0.861. The zero-order chi connectivity index (χ0) is 11.8. The number of nitrogens with one attached hydrogen (secondary N) is 1. The average molecular weight is 268 g/mol. The highest BCUT2D eigenvalue weighted by Crippen LogP contribution is 2.31. The molecular formula is C12H14ClN3S. The molecule has 1 fully saturated rings. The standard InChI is InChI=1S/C12H14ClN3S/c1-8-7-14-4-5-16(8)12-15-10-3-2-9(13)6-11(10)17-12/h2-3,6,8,14H,4-5,7H2,1H3/t8-/m0/s1. The summed E-state index contributed by atoms with van der Waals surface area (Å²) >= 11 is 7.72. The number of piperazine rings is 1. The van der Waals surface area contributed by atoms with Gasteiger partial charge in [0.2, 0.25) is 0 Å². The SMILES string of the molecule is C[C@H]1CNCCN1c1nc2ccc(Cl)cc2s1. The third kappa shape index (κ3) is 2.12. The molecule has 1 aromatic carbocycles. The lowest BCUT2D eigenvalue weighted by Gasteiger charge is -2.33. The summed E-state index contributed by atoms with van der Waals surface area (Å²) in [5.41, 5.74) is 1.04. The molecule has 90 valence electrons. The molecule has 2 heterocycles. The molecule has 1 N–H and O–H groups in total. The Morgan fingerprint density at radius 2 is 2.41 bits per heavy atom. The molecule has 5 heteroatoms. The Bertz CT molecular complexity index is 540. The molecular weight excluding hydrogens is 254 g/mol. The van der Waals surface area contributed by atoms with E-state index in [0.29, 0.717) is 6.04 Å². The molecule has 1 saturated heterocycles. The van der Waals surface area contributed by atoms with Gasteiger partial charge in [-0.2, -0.15) is 0 Å². The first-order valence-electron chi connectivity index (χ1n) is 5.77. The van der Waals surface area contributed by atoms with E-state index in [1.807, 2.05) is 18.2 Å². The summed E-state index contributed by atoms with van der Waals surface area (Å²) in [6.45, 7) is 5.30. The normalized spacial score (nSPS) is 21.1. The number of rotatable bonds is 1. The third-order valence-electron chi connectivity index (χ3n) is 3.09. The molecule has 0 aliphatic carbocycles. The monoisotopic (exact) mass is 267 g/mol. The van der Waals surface area contributed by atoms with Crippen molar-refractivity contribution in [3.05, 3.63) is 23.2 Å². The summed E-state index contributed by atoms with van der Waals surface area (Å²) in [5.74, 6) is 0. The lowest BCUT2D eigenvalue weighted by molar-refractivity contribution is 0.500. The summed E-state index contributed by atoms with van der Waals surface area (Å²) in [5, 5.41) is 5.28. The van der Waals surface area contributed by atoms with E-state index in [1.54, 1.807) is 11.3 Å². The van der Waals surface area contributed by atoms with Crippen molar-refractivity contribution in [1.29, 1.82) is 0 Å². The van der Waals surface area contributed by atoms with Crippen molar-refractivity contribution in [2.75, 3.05) is 24.5 Å². The Labute approximate surface area is 109 Å². The van der Waals surface area contributed by atoms with Gasteiger partial charge in [-0.15, -0.1) is 0 Å². The smallest absolute Gasteiger partial charge is 0.186 e. The first-order valence-corrected chi connectivity index (χ1v) is 6.97. The Hall–Kier alpha value is -0.840. The zero-order valence-corrected chi connectivity index (χ0v) is 11.2. The maximum absolute atomic E-state index is 6.00. The van der Waals surface area contributed by atoms with E-state index < -0.39 is 0 Å². The molecule has 2 aromatic rings. The van der Waals surface area contributed by atoms with Crippen LogP contribution in [0.3, 0.4) is 0 Å². The molecule has 0 amide bonds. The fraction of sp³-hybridized carbons (Fsp3) is 0.417. The highest BCUT2D eigenvalue weighted by Gasteiger charge is 2.21. The van der Waals surface area contributed by atoms with Gasteiger partial charge in [-0.3, -0.25) is 0 Å². The summed E-state index contributed by atoms with van der Waals surface area (Å²) in [4.78, 5) is 7.06. The average Bonchev–Trinajstić information content (AvgIpc) is 2.72. The van der Waals surface area contributed by atoms with Gasteiger partial charge in [0.1, 0.15) is 0 Å². The number of nitrogens with zero attached hydrogens (tertiary/aromatic N) is 2. The van der Waals surface area contributed by atoms with Crippen molar-refractivity contribution in [2.24, 2.45) is 0 Å². The van der Waals surface area contributed by atoms with Crippen LogP contribution >= 0.6 is 22.9 Å². The van der Waals surface area contributed by atoms with E-state index in [-0.39, 0.29) is 0 Å². The van der Waals surface area contributed by atoms with Crippen molar-refractivity contribution >= 4 is 38.3 Å². The van der Waals surface area contributed by atoms with Gasteiger partial charge in [-0.1, -0.05) is 22.9 Å². The Morgan fingerprint density at radius 1 is 1.53 bits per heavy atom. The van der Waals surface area contributed by atoms with Crippen LogP contribution in [0, 0.1) is 0 Å². The first-order chi connectivity index (χ1) is 8.24. The lowest BCUT2D eigenvalue weighted by atomic mass is 10.2. The molecule has 0 bridgehead atoms. The summed E-state index contributed by atoms with van der Waals surface area (Å²) in [6.07, 6.45) is 0. The van der Waals surface area contributed by atoms with Gasteiger partial charge < -0.3 is 10.2 Å². The first kappa shape index (κ1) is 11.3. The number of fused-ring (bicyclic) bond motifs is 1. The molecule has 0 saturated carbocycles. The van der Waals surface area contributed by atoms with E-state index in [1.165, 1.54) is 4.70 Å². The van der Waals surface area contributed by atoms with E-state index in [2.05, 4.69) is 22.1 Å². The number of hydrogen-bond donors (Lipinski definition) is 1. The zero-order valence-electron chi connectivity index (χ0n) is 9.61. The van der Waals surface area contributed by atoms with Crippen molar-refractivity contribution in [3.8, 4) is 0 Å². The van der Waals surface area contributed by atoms with Gasteiger partial charge in [-0.25, -0.2) is 4.98 Å². The largest absolute Gasteiger partial charge is 0.343 e. The molecule has 17 heavy (non-hydrogen) atoms. The number of aromatic nitrogens is 1. The highest BCUT2D eigenvalue weighted by atomic mass is 35.5. The van der Waals surface area contributed by atoms with Crippen molar-refractivity contribution in [3.63, 3.8) is 0 Å². The topological polar surface area (TPSA) is 28.2 Å². The van der Waals surface area contributed by atoms with Crippen molar-refractivity contribution in [2.45, 2.75) is 13.0 Å². The summed E-state index contributed by atoms with van der Waals surface area (Å²) in [7, 11) is 0. The second-order valence-corrected chi connectivity index (χ2v) is 5.80. The maximum Gasteiger partial charge on any atom is 0.186 e. The van der Waals surface area contributed by atoms with Gasteiger partial charge in [0.15, 0.2) is 5.13 Å². The second kappa shape index (κ2) is 4.44. The lowest BCUT2D eigenvalue weighted by Crippen LogP contribution is -2.49. The van der Waals surface area contributed by atoms with Crippen LogP contribution in [-0.2, 0) is 0 Å².